The van der Waals surface area contributed by atoms with Crippen LogP contribution in [0, 0.1) is 0 Å². The molecule has 0 amide bonds. The number of nitrogens with zero attached hydrogens (tertiary/aromatic N) is 1. The van der Waals surface area contributed by atoms with E-state index in [1.54, 1.807) is 0 Å². The van der Waals surface area contributed by atoms with Gasteiger partial charge in [-0.05, 0) is 32.6 Å². The Bertz CT molecular complexity index is 219. The molecule has 2 heterocycles. The molecule has 0 saturated carbocycles. The first-order chi connectivity index (χ1) is 7.19. The highest BCUT2D eigenvalue weighted by molar-refractivity contribution is 7.99. The average Bonchev–Trinajstić information content (AvgIpc) is 2.86. The lowest BCUT2D eigenvalue weighted by Crippen LogP contribution is -2.57. The number of rotatable bonds is 3. The van der Waals surface area contributed by atoms with Gasteiger partial charge < -0.3 is 10.5 Å². The monoisotopic (exact) mass is 230 g/mol. The molecule has 15 heavy (non-hydrogen) atoms. The van der Waals surface area contributed by atoms with Crippen LogP contribution in [-0.2, 0) is 4.74 Å². The number of hydrogen-bond donors (Lipinski definition) is 1. The maximum absolute atomic E-state index is 5.99. The molecule has 2 saturated heterocycles. The van der Waals surface area contributed by atoms with Gasteiger partial charge in [0.15, 0.2) is 0 Å². The van der Waals surface area contributed by atoms with Crippen molar-refractivity contribution >= 4 is 11.8 Å². The highest BCUT2D eigenvalue weighted by atomic mass is 32.2. The van der Waals surface area contributed by atoms with Crippen LogP contribution in [0.5, 0.6) is 0 Å². The van der Waals surface area contributed by atoms with Gasteiger partial charge in [-0.1, -0.05) is 0 Å². The molecule has 4 heteroatoms. The lowest BCUT2D eigenvalue weighted by Gasteiger charge is -2.42. The highest BCUT2D eigenvalue weighted by Crippen LogP contribution is 2.35. The number of ether oxygens (including phenoxy) is 1. The molecular weight excluding hydrogens is 208 g/mol. The van der Waals surface area contributed by atoms with Crippen LogP contribution in [0.4, 0.5) is 0 Å². The fourth-order valence-corrected chi connectivity index (χ4v) is 4.27. The van der Waals surface area contributed by atoms with E-state index in [4.69, 9.17) is 10.5 Å². The van der Waals surface area contributed by atoms with Crippen LogP contribution >= 0.6 is 11.8 Å². The van der Waals surface area contributed by atoms with Crippen LogP contribution in [0.3, 0.4) is 0 Å². The van der Waals surface area contributed by atoms with Crippen molar-refractivity contribution in [2.75, 3.05) is 31.7 Å². The van der Waals surface area contributed by atoms with Crippen molar-refractivity contribution < 1.29 is 4.74 Å². The third kappa shape index (κ3) is 2.05. The van der Waals surface area contributed by atoms with Crippen molar-refractivity contribution in [3.8, 4) is 0 Å². The van der Waals surface area contributed by atoms with Crippen LogP contribution in [-0.4, -0.2) is 54.3 Å². The van der Waals surface area contributed by atoms with E-state index in [9.17, 15) is 0 Å². The number of likely N-dealkylation sites (N-methyl/N-ethyl adjacent to an activating group) is 1. The maximum Gasteiger partial charge on any atom is 0.0703 e. The van der Waals surface area contributed by atoms with E-state index in [1.165, 1.54) is 17.9 Å². The molecule has 2 aliphatic rings. The minimum atomic E-state index is 0.233. The van der Waals surface area contributed by atoms with E-state index >= 15 is 0 Å². The van der Waals surface area contributed by atoms with Crippen LogP contribution in [0.15, 0.2) is 0 Å². The van der Waals surface area contributed by atoms with E-state index in [0.717, 1.165) is 19.6 Å². The van der Waals surface area contributed by atoms with Crippen molar-refractivity contribution in [2.45, 2.75) is 37.5 Å². The zero-order chi connectivity index (χ0) is 10.9. The van der Waals surface area contributed by atoms with Gasteiger partial charge in [0, 0.05) is 30.5 Å². The molecule has 88 valence electrons. The molecule has 0 aromatic heterocycles. The van der Waals surface area contributed by atoms with Gasteiger partial charge in [-0.15, -0.1) is 0 Å². The molecule has 2 N–H and O–H groups in total. The SMILES string of the molecule is CC1OCCC1N(C)C1(CN)CCSC1. The zero-order valence-corrected chi connectivity index (χ0v) is 10.6. The second-order valence-corrected chi connectivity index (χ2v) is 5.88. The Labute approximate surface area is 96.7 Å². The molecule has 0 spiro atoms. The van der Waals surface area contributed by atoms with Gasteiger partial charge >= 0.3 is 0 Å². The summed E-state index contributed by atoms with van der Waals surface area (Å²) >= 11 is 2.03. The molecule has 0 aromatic rings. The summed E-state index contributed by atoms with van der Waals surface area (Å²) in [5, 5.41) is 0. The lowest BCUT2D eigenvalue weighted by molar-refractivity contribution is 0.0392. The normalized spacial score (nSPS) is 41.6. The molecule has 0 aliphatic carbocycles. The van der Waals surface area contributed by atoms with Gasteiger partial charge in [0.1, 0.15) is 0 Å². The molecule has 0 bridgehead atoms. The summed E-state index contributed by atoms with van der Waals surface area (Å²) < 4.78 is 5.65. The van der Waals surface area contributed by atoms with Gasteiger partial charge in [-0.25, -0.2) is 0 Å². The van der Waals surface area contributed by atoms with Crippen LogP contribution in [0.25, 0.3) is 0 Å². The Kier molecular flexibility index (Phi) is 3.60. The minimum absolute atomic E-state index is 0.233. The molecule has 0 radical (unpaired) electrons. The Morgan fingerprint density at radius 1 is 1.60 bits per heavy atom. The van der Waals surface area contributed by atoms with E-state index in [-0.39, 0.29) is 5.54 Å². The third-order valence-corrected chi connectivity index (χ3v) is 5.28. The molecule has 3 unspecified atom stereocenters. The minimum Gasteiger partial charge on any atom is -0.377 e. The molecular formula is C11H22N2OS. The first-order valence-electron chi connectivity index (χ1n) is 5.82. The maximum atomic E-state index is 5.99. The first-order valence-corrected chi connectivity index (χ1v) is 6.97. The topological polar surface area (TPSA) is 38.5 Å². The van der Waals surface area contributed by atoms with Crippen LogP contribution in [0.1, 0.15) is 19.8 Å². The van der Waals surface area contributed by atoms with Crippen molar-refractivity contribution in [1.82, 2.24) is 4.90 Å². The molecule has 3 nitrogen and oxygen atoms in total. The average molecular weight is 230 g/mol. The molecule has 2 aliphatic heterocycles. The lowest BCUT2D eigenvalue weighted by atomic mass is 9.93. The zero-order valence-electron chi connectivity index (χ0n) is 9.74. The number of thioether (sulfide) groups is 1. The smallest absolute Gasteiger partial charge is 0.0703 e. The van der Waals surface area contributed by atoms with Gasteiger partial charge in [0.05, 0.1) is 6.10 Å². The van der Waals surface area contributed by atoms with E-state index in [2.05, 4.69) is 18.9 Å². The van der Waals surface area contributed by atoms with Gasteiger partial charge in [-0.3, -0.25) is 4.90 Å². The van der Waals surface area contributed by atoms with Crippen molar-refractivity contribution in [1.29, 1.82) is 0 Å². The van der Waals surface area contributed by atoms with Crippen molar-refractivity contribution in [2.24, 2.45) is 5.73 Å². The highest BCUT2D eigenvalue weighted by Gasteiger charge is 2.42. The number of nitrogens with two attached hydrogens (primary N) is 1. The van der Waals surface area contributed by atoms with Crippen LogP contribution < -0.4 is 5.73 Å². The quantitative estimate of drug-likeness (QED) is 0.783. The van der Waals surface area contributed by atoms with E-state index < -0.39 is 0 Å². The van der Waals surface area contributed by atoms with Crippen molar-refractivity contribution in [3.05, 3.63) is 0 Å². The molecule has 3 atom stereocenters. The summed E-state index contributed by atoms with van der Waals surface area (Å²) in [4.78, 5) is 2.50. The molecule has 2 rings (SSSR count). The second-order valence-electron chi connectivity index (χ2n) is 4.77. The summed E-state index contributed by atoms with van der Waals surface area (Å²) in [6.45, 7) is 3.87. The molecule has 0 aromatic carbocycles. The van der Waals surface area contributed by atoms with Crippen LogP contribution in [0.2, 0.25) is 0 Å². The summed E-state index contributed by atoms with van der Waals surface area (Å²) in [7, 11) is 2.23. The third-order valence-electron chi connectivity index (χ3n) is 4.04. The fraction of sp³-hybridized carbons (Fsp3) is 1.00. The Morgan fingerprint density at radius 3 is 2.87 bits per heavy atom. The standard InChI is InChI=1S/C11H22N2OS/c1-9-10(3-5-14-9)13(2)11(7-12)4-6-15-8-11/h9-10H,3-8,12H2,1-2H3. The van der Waals surface area contributed by atoms with Gasteiger partial charge in [-0.2, -0.15) is 11.8 Å². The summed E-state index contributed by atoms with van der Waals surface area (Å²) in [5.74, 6) is 2.44. The second kappa shape index (κ2) is 4.62. The van der Waals surface area contributed by atoms with Gasteiger partial charge in [0.25, 0.3) is 0 Å². The summed E-state index contributed by atoms with van der Waals surface area (Å²) in [5.41, 5.74) is 6.22. The predicted molar refractivity (Wildman–Crippen MR) is 65.3 cm³/mol. The Hall–Kier alpha value is 0.230. The van der Waals surface area contributed by atoms with Crippen molar-refractivity contribution in [3.63, 3.8) is 0 Å². The number of hydrogen-bond acceptors (Lipinski definition) is 4. The Balaban J connectivity index is 2.07. The Morgan fingerprint density at radius 2 is 2.40 bits per heavy atom. The molecule has 2 fully saturated rings. The first kappa shape index (κ1) is 11.7. The summed E-state index contributed by atoms with van der Waals surface area (Å²) in [6.07, 6.45) is 2.75. The summed E-state index contributed by atoms with van der Waals surface area (Å²) in [6, 6.07) is 0.562. The predicted octanol–water partition coefficient (Wildman–Crippen LogP) is 0.930. The van der Waals surface area contributed by atoms with Gasteiger partial charge in [0.2, 0.25) is 0 Å². The largest absolute Gasteiger partial charge is 0.377 e. The van der Waals surface area contributed by atoms with E-state index in [1.807, 2.05) is 11.8 Å². The van der Waals surface area contributed by atoms with E-state index in [0.29, 0.717) is 12.1 Å². The fourth-order valence-electron chi connectivity index (χ4n) is 2.76.